The molecule has 10 heteroatoms. The van der Waals surface area contributed by atoms with Gasteiger partial charge in [0.05, 0.1) is 10.8 Å². The van der Waals surface area contributed by atoms with E-state index in [1.54, 1.807) is 36.4 Å². The summed E-state index contributed by atoms with van der Waals surface area (Å²) in [4.78, 5) is 42.5. The molecule has 3 amide bonds. The number of thioether (sulfide) groups is 1. The highest BCUT2D eigenvalue weighted by molar-refractivity contribution is 8.00. The third-order valence-corrected chi connectivity index (χ3v) is 10.6. The van der Waals surface area contributed by atoms with Crippen molar-refractivity contribution in [2.75, 3.05) is 10.6 Å². The van der Waals surface area contributed by atoms with Gasteiger partial charge in [0.1, 0.15) is 16.8 Å². The van der Waals surface area contributed by atoms with Gasteiger partial charge in [-0.05, 0) is 85.0 Å². The van der Waals surface area contributed by atoms with E-state index in [1.165, 1.54) is 39.3 Å². The van der Waals surface area contributed by atoms with E-state index in [4.69, 9.17) is 0 Å². The average molecular weight is 641 g/mol. The molecule has 3 N–H and O–H groups in total. The lowest BCUT2D eigenvalue weighted by Crippen LogP contribution is -2.30. The van der Waals surface area contributed by atoms with Gasteiger partial charge in [0.25, 0.3) is 11.8 Å². The Morgan fingerprint density at radius 2 is 1.91 bits per heavy atom. The Bertz CT molecular complexity index is 1720. The summed E-state index contributed by atoms with van der Waals surface area (Å²) in [6, 6.07) is 22.1. The molecule has 0 spiro atoms. The zero-order chi connectivity index (χ0) is 31.1. The molecule has 44 heavy (non-hydrogen) atoms. The van der Waals surface area contributed by atoms with Crippen molar-refractivity contribution in [2.45, 2.75) is 49.7 Å². The lowest BCUT2D eigenvalue weighted by Gasteiger charge is -2.17. The second kappa shape index (κ2) is 14.5. The minimum Gasteiger partial charge on any atom is -0.321 e. The summed E-state index contributed by atoms with van der Waals surface area (Å²) >= 11 is 4.38. The van der Waals surface area contributed by atoms with Crippen LogP contribution in [0, 0.1) is 17.2 Å². The first kappa shape index (κ1) is 31.3. The number of rotatable bonds is 10. The number of carbonyl (C=O) groups excluding carboxylic acids is 3. The molecule has 7 nitrogen and oxygen atoms in total. The Hall–Kier alpha value is -4.17. The standard InChI is InChI=1S/C34H32N4O3S3/c1-3-29(33(41)38-34-27(20-35)26-15-14-21(2)17-30(26)44-34)43-25-12-7-11-23(18-25)36-32(40)28(19-24-13-8-16-42-24)37-31(39)22-9-5-4-6-10-22/h4-13,16,18-19,21,29H,3,14-15,17H2,1-2H3,(H,36,40)(H,37,39)(H,38,41)/b28-19-. The molecule has 2 atom stereocenters. The SMILES string of the molecule is CCC(Sc1cccc(NC(=O)/C(=C/c2cccs2)NC(=O)c2ccccc2)c1)C(=O)Nc1sc2c(c1C#N)CCC(C)C2. The number of nitrogens with zero attached hydrogens (tertiary/aromatic N) is 1. The van der Waals surface area contributed by atoms with Crippen LogP contribution in [0.1, 0.15) is 57.9 Å². The summed E-state index contributed by atoms with van der Waals surface area (Å²) in [5.41, 5.74) is 2.78. The number of hydrogen-bond acceptors (Lipinski definition) is 7. The summed E-state index contributed by atoms with van der Waals surface area (Å²) in [7, 11) is 0. The Labute approximate surface area is 269 Å². The van der Waals surface area contributed by atoms with Gasteiger partial charge in [-0.3, -0.25) is 14.4 Å². The fourth-order valence-electron chi connectivity index (χ4n) is 4.94. The van der Waals surface area contributed by atoms with E-state index >= 15 is 0 Å². The zero-order valence-electron chi connectivity index (χ0n) is 24.4. The summed E-state index contributed by atoms with van der Waals surface area (Å²) < 4.78 is 0. The number of fused-ring (bicyclic) bond motifs is 1. The molecule has 2 aromatic carbocycles. The fraction of sp³-hybridized carbons (Fsp3) is 0.235. The first-order chi connectivity index (χ1) is 21.3. The van der Waals surface area contributed by atoms with E-state index in [2.05, 4.69) is 28.9 Å². The highest BCUT2D eigenvalue weighted by Crippen LogP contribution is 2.40. The van der Waals surface area contributed by atoms with Crippen molar-refractivity contribution in [1.82, 2.24) is 5.32 Å². The minimum absolute atomic E-state index is 0.117. The molecule has 0 aliphatic heterocycles. The van der Waals surface area contributed by atoms with E-state index in [0.717, 1.165) is 34.6 Å². The Kier molecular flexibility index (Phi) is 10.3. The largest absolute Gasteiger partial charge is 0.321 e. The van der Waals surface area contributed by atoms with E-state index in [1.807, 2.05) is 48.7 Å². The number of nitrogens with one attached hydrogen (secondary N) is 3. The van der Waals surface area contributed by atoms with Crippen LogP contribution in [0.2, 0.25) is 0 Å². The lowest BCUT2D eigenvalue weighted by molar-refractivity contribution is -0.116. The van der Waals surface area contributed by atoms with E-state index < -0.39 is 11.2 Å². The van der Waals surface area contributed by atoms with Crippen molar-refractivity contribution >= 4 is 68.9 Å². The van der Waals surface area contributed by atoms with Gasteiger partial charge in [-0.2, -0.15) is 5.26 Å². The third kappa shape index (κ3) is 7.66. The molecule has 1 aliphatic carbocycles. The fourth-order valence-corrected chi connectivity index (χ4v) is 7.97. The molecule has 0 saturated heterocycles. The molecular formula is C34H32N4O3S3. The van der Waals surface area contributed by atoms with Gasteiger partial charge in [0, 0.05) is 25.9 Å². The van der Waals surface area contributed by atoms with Crippen LogP contribution in [0.4, 0.5) is 10.7 Å². The number of anilines is 2. The normalized spacial score (nSPS) is 15.0. The zero-order valence-corrected chi connectivity index (χ0v) is 26.8. The van der Waals surface area contributed by atoms with Crippen LogP contribution in [-0.2, 0) is 22.4 Å². The molecular weight excluding hydrogens is 609 g/mol. The van der Waals surface area contributed by atoms with E-state index in [-0.39, 0.29) is 17.5 Å². The van der Waals surface area contributed by atoms with Crippen molar-refractivity contribution in [3.8, 4) is 6.07 Å². The summed E-state index contributed by atoms with van der Waals surface area (Å²) in [6.45, 7) is 4.17. The number of benzene rings is 2. The minimum atomic E-state index is -0.463. The average Bonchev–Trinajstić information content (AvgIpc) is 3.66. The van der Waals surface area contributed by atoms with Gasteiger partial charge in [0.2, 0.25) is 5.91 Å². The predicted molar refractivity (Wildman–Crippen MR) is 180 cm³/mol. The van der Waals surface area contributed by atoms with Gasteiger partial charge in [-0.25, -0.2) is 0 Å². The number of thiophene rings is 2. The molecule has 0 saturated carbocycles. The predicted octanol–water partition coefficient (Wildman–Crippen LogP) is 7.73. The molecule has 2 unspecified atom stereocenters. The molecule has 1 aliphatic rings. The topological polar surface area (TPSA) is 111 Å². The maximum atomic E-state index is 13.4. The summed E-state index contributed by atoms with van der Waals surface area (Å²) in [5, 5.41) is 20.7. The molecule has 2 aromatic heterocycles. The van der Waals surface area contributed by atoms with Crippen LogP contribution in [-0.4, -0.2) is 23.0 Å². The first-order valence-electron chi connectivity index (χ1n) is 14.4. The number of carbonyl (C=O) groups is 3. The van der Waals surface area contributed by atoms with Crippen molar-refractivity contribution in [2.24, 2.45) is 5.92 Å². The van der Waals surface area contributed by atoms with Gasteiger partial charge >= 0.3 is 0 Å². The number of hydrogen-bond donors (Lipinski definition) is 3. The van der Waals surface area contributed by atoms with Gasteiger partial charge in [0.15, 0.2) is 0 Å². The van der Waals surface area contributed by atoms with Crippen molar-refractivity contribution in [1.29, 1.82) is 5.26 Å². The molecule has 224 valence electrons. The smallest absolute Gasteiger partial charge is 0.272 e. The lowest BCUT2D eigenvalue weighted by atomic mass is 9.88. The molecule has 5 rings (SSSR count). The molecule has 0 radical (unpaired) electrons. The highest BCUT2D eigenvalue weighted by atomic mass is 32.2. The van der Waals surface area contributed by atoms with Crippen LogP contribution >= 0.6 is 34.4 Å². The van der Waals surface area contributed by atoms with Crippen LogP contribution < -0.4 is 16.0 Å². The van der Waals surface area contributed by atoms with Crippen LogP contribution in [0.15, 0.2) is 82.7 Å². The number of nitriles is 1. The maximum Gasteiger partial charge on any atom is 0.272 e. The molecule has 4 aromatic rings. The van der Waals surface area contributed by atoms with Crippen molar-refractivity contribution in [3.63, 3.8) is 0 Å². The summed E-state index contributed by atoms with van der Waals surface area (Å²) in [5.74, 6) is -0.426. The molecule has 0 bridgehead atoms. The van der Waals surface area contributed by atoms with Gasteiger partial charge in [-0.1, -0.05) is 44.2 Å². The van der Waals surface area contributed by atoms with Crippen molar-refractivity contribution in [3.05, 3.63) is 104 Å². The molecule has 0 fully saturated rings. The van der Waals surface area contributed by atoms with Gasteiger partial charge in [-0.15, -0.1) is 34.4 Å². The Morgan fingerprint density at radius 1 is 1.09 bits per heavy atom. The second-order valence-electron chi connectivity index (χ2n) is 10.5. The van der Waals surface area contributed by atoms with Crippen LogP contribution in [0.25, 0.3) is 6.08 Å². The van der Waals surface area contributed by atoms with Crippen LogP contribution in [0.5, 0.6) is 0 Å². The summed E-state index contributed by atoms with van der Waals surface area (Å²) in [6.07, 6.45) is 5.09. The maximum absolute atomic E-state index is 13.4. The third-order valence-electron chi connectivity index (χ3n) is 7.25. The first-order valence-corrected chi connectivity index (χ1v) is 17.0. The quantitative estimate of drug-likeness (QED) is 0.121. The van der Waals surface area contributed by atoms with Crippen LogP contribution in [0.3, 0.4) is 0 Å². The highest BCUT2D eigenvalue weighted by Gasteiger charge is 2.27. The molecule has 2 heterocycles. The number of amides is 3. The monoisotopic (exact) mass is 640 g/mol. The van der Waals surface area contributed by atoms with E-state index in [0.29, 0.717) is 34.2 Å². The Morgan fingerprint density at radius 3 is 2.64 bits per heavy atom. The Balaban J connectivity index is 1.28. The van der Waals surface area contributed by atoms with Gasteiger partial charge < -0.3 is 16.0 Å². The second-order valence-corrected chi connectivity index (χ2v) is 13.9. The van der Waals surface area contributed by atoms with E-state index in [9.17, 15) is 19.6 Å². The van der Waals surface area contributed by atoms with Crippen molar-refractivity contribution < 1.29 is 14.4 Å².